The molecule has 1 amide bonds. The first-order valence-electron chi connectivity index (χ1n) is 6.89. The van der Waals surface area contributed by atoms with Crippen molar-refractivity contribution >= 4 is 27.6 Å². The lowest BCUT2D eigenvalue weighted by Crippen LogP contribution is -2.43. The number of amides is 1. The number of nitrogens with two attached hydrogens (primary N) is 1. The average Bonchev–Trinajstić information content (AvgIpc) is 2.47. The lowest BCUT2D eigenvalue weighted by atomic mass is 9.97. The standard InChI is InChI=1S/C15H19BrN2O3/c1-21-14-5-4-10(7-12(14)16)13(19)9-18-6-2-3-11(8-18)15(17)20/h4-5,7,11H,2-3,6,8-9H2,1H3,(H2,17,20). The molecular weight excluding hydrogens is 336 g/mol. The van der Waals surface area contributed by atoms with Crippen LogP contribution in [0.15, 0.2) is 22.7 Å². The van der Waals surface area contributed by atoms with E-state index in [4.69, 9.17) is 10.5 Å². The Morgan fingerprint density at radius 3 is 2.86 bits per heavy atom. The first-order chi connectivity index (χ1) is 10.0. The number of ether oxygens (including phenoxy) is 1. The maximum atomic E-state index is 12.3. The van der Waals surface area contributed by atoms with Crippen LogP contribution in [0.1, 0.15) is 23.2 Å². The van der Waals surface area contributed by atoms with E-state index in [1.165, 1.54) is 0 Å². The summed E-state index contributed by atoms with van der Waals surface area (Å²) in [5, 5.41) is 0. The molecule has 1 unspecified atom stereocenters. The molecule has 1 aromatic carbocycles. The molecule has 1 heterocycles. The van der Waals surface area contributed by atoms with Gasteiger partial charge >= 0.3 is 0 Å². The first kappa shape index (κ1) is 16.0. The Kier molecular flexibility index (Phi) is 5.36. The van der Waals surface area contributed by atoms with Crippen molar-refractivity contribution in [1.29, 1.82) is 0 Å². The summed E-state index contributed by atoms with van der Waals surface area (Å²) >= 11 is 3.38. The third kappa shape index (κ3) is 4.04. The summed E-state index contributed by atoms with van der Waals surface area (Å²) in [4.78, 5) is 25.6. The highest BCUT2D eigenvalue weighted by Gasteiger charge is 2.25. The van der Waals surface area contributed by atoms with Crippen molar-refractivity contribution in [2.24, 2.45) is 11.7 Å². The molecule has 1 aliphatic heterocycles. The van der Waals surface area contributed by atoms with E-state index in [0.29, 0.717) is 24.4 Å². The Balaban J connectivity index is 2.01. The molecule has 0 aromatic heterocycles. The highest BCUT2D eigenvalue weighted by Crippen LogP contribution is 2.26. The van der Waals surface area contributed by atoms with Crippen molar-refractivity contribution in [3.05, 3.63) is 28.2 Å². The van der Waals surface area contributed by atoms with E-state index in [1.54, 1.807) is 25.3 Å². The number of benzene rings is 1. The summed E-state index contributed by atoms with van der Waals surface area (Å²) in [6, 6.07) is 5.28. The number of likely N-dealkylation sites (tertiary alicyclic amines) is 1. The number of hydrogen-bond acceptors (Lipinski definition) is 4. The van der Waals surface area contributed by atoms with E-state index in [2.05, 4.69) is 15.9 Å². The Hall–Kier alpha value is -1.40. The first-order valence-corrected chi connectivity index (χ1v) is 7.69. The molecule has 5 nitrogen and oxygen atoms in total. The number of nitrogens with zero attached hydrogens (tertiary/aromatic N) is 1. The molecule has 1 saturated heterocycles. The van der Waals surface area contributed by atoms with Crippen LogP contribution in [0.4, 0.5) is 0 Å². The summed E-state index contributed by atoms with van der Waals surface area (Å²) in [5.74, 6) is 0.301. The van der Waals surface area contributed by atoms with Crippen molar-refractivity contribution in [1.82, 2.24) is 4.90 Å². The summed E-state index contributed by atoms with van der Waals surface area (Å²) < 4.78 is 5.90. The Bertz CT molecular complexity index is 548. The minimum absolute atomic E-state index is 0.0310. The van der Waals surface area contributed by atoms with Crippen LogP contribution in [0, 0.1) is 5.92 Å². The molecule has 1 atom stereocenters. The molecule has 0 saturated carbocycles. The summed E-state index contributed by atoms with van der Waals surface area (Å²) in [7, 11) is 1.58. The molecule has 0 bridgehead atoms. The van der Waals surface area contributed by atoms with Gasteiger partial charge in [0, 0.05) is 12.1 Å². The molecule has 21 heavy (non-hydrogen) atoms. The molecule has 1 fully saturated rings. The predicted octanol–water partition coefficient (Wildman–Crippen LogP) is 1.84. The minimum Gasteiger partial charge on any atom is -0.496 e. The fourth-order valence-corrected chi connectivity index (χ4v) is 3.11. The number of primary amides is 1. The Labute approximate surface area is 132 Å². The third-order valence-corrected chi connectivity index (χ3v) is 4.37. The maximum Gasteiger partial charge on any atom is 0.221 e. The smallest absolute Gasteiger partial charge is 0.221 e. The highest BCUT2D eigenvalue weighted by atomic mass is 79.9. The summed E-state index contributed by atoms with van der Waals surface area (Å²) in [5.41, 5.74) is 5.98. The number of halogens is 1. The van der Waals surface area contributed by atoms with E-state index in [1.807, 2.05) is 4.90 Å². The van der Waals surface area contributed by atoms with Crippen molar-refractivity contribution in [3.8, 4) is 5.75 Å². The molecule has 1 aliphatic rings. The lowest BCUT2D eigenvalue weighted by Gasteiger charge is -2.30. The highest BCUT2D eigenvalue weighted by molar-refractivity contribution is 9.10. The van der Waals surface area contributed by atoms with Gasteiger partial charge in [-0.2, -0.15) is 0 Å². The van der Waals surface area contributed by atoms with Crippen LogP contribution in [0.25, 0.3) is 0 Å². The second-order valence-corrected chi connectivity index (χ2v) is 6.10. The zero-order chi connectivity index (χ0) is 15.4. The SMILES string of the molecule is COc1ccc(C(=O)CN2CCCC(C(N)=O)C2)cc1Br. The number of hydrogen-bond donors (Lipinski definition) is 1. The number of Topliss-reactive ketones (excluding diaryl/α,β-unsaturated/α-hetero) is 1. The van der Waals surface area contributed by atoms with Gasteiger partial charge in [-0.15, -0.1) is 0 Å². The predicted molar refractivity (Wildman–Crippen MR) is 83.4 cm³/mol. The number of carbonyl (C=O) groups is 2. The van der Waals surface area contributed by atoms with E-state index >= 15 is 0 Å². The van der Waals surface area contributed by atoms with E-state index < -0.39 is 0 Å². The van der Waals surface area contributed by atoms with Crippen LogP contribution in [-0.4, -0.2) is 43.3 Å². The summed E-state index contributed by atoms with van der Waals surface area (Å²) in [6.07, 6.45) is 1.71. The van der Waals surface area contributed by atoms with Gasteiger partial charge in [-0.3, -0.25) is 14.5 Å². The van der Waals surface area contributed by atoms with E-state index in [9.17, 15) is 9.59 Å². The number of rotatable bonds is 5. The molecule has 1 aromatic rings. The van der Waals surface area contributed by atoms with E-state index in [-0.39, 0.29) is 17.6 Å². The number of methoxy groups -OCH3 is 1. The second-order valence-electron chi connectivity index (χ2n) is 5.25. The van der Waals surface area contributed by atoms with Gasteiger partial charge in [-0.1, -0.05) is 0 Å². The average molecular weight is 355 g/mol. The topological polar surface area (TPSA) is 72.6 Å². The molecule has 2 N–H and O–H groups in total. The quantitative estimate of drug-likeness (QED) is 0.818. The second kappa shape index (κ2) is 7.04. The normalized spacial score (nSPS) is 19.2. The molecule has 2 rings (SSSR count). The minimum atomic E-state index is -0.278. The zero-order valence-electron chi connectivity index (χ0n) is 12.0. The molecule has 0 radical (unpaired) electrons. The van der Waals surface area contributed by atoms with E-state index in [0.717, 1.165) is 23.9 Å². The van der Waals surface area contributed by atoms with Crippen LogP contribution < -0.4 is 10.5 Å². The van der Waals surface area contributed by atoms with Crippen LogP contribution in [0.5, 0.6) is 5.75 Å². The van der Waals surface area contributed by atoms with Gasteiger partial charge in [0.25, 0.3) is 0 Å². The molecular formula is C15H19BrN2O3. The van der Waals surface area contributed by atoms with Gasteiger partial charge in [0.1, 0.15) is 5.75 Å². The number of carbonyl (C=O) groups excluding carboxylic acids is 2. The monoisotopic (exact) mass is 354 g/mol. The summed E-state index contributed by atoms with van der Waals surface area (Å²) in [6.45, 7) is 1.70. The van der Waals surface area contributed by atoms with Gasteiger partial charge in [-0.05, 0) is 53.5 Å². The van der Waals surface area contributed by atoms with Gasteiger partial charge in [-0.25, -0.2) is 0 Å². The van der Waals surface area contributed by atoms with Gasteiger partial charge in [0.2, 0.25) is 5.91 Å². The van der Waals surface area contributed by atoms with Gasteiger partial charge < -0.3 is 10.5 Å². The maximum absolute atomic E-state index is 12.3. The molecule has 0 spiro atoms. The number of piperidine rings is 1. The zero-order valence-corrected chi connectivity index (χ0v) is 13.6. The third-order valence-electron chi connectivity index (χ3n) is 3.75. The number of ketones is 1. The van der Waals surface area contributed by atoms with Crippen LogP contribution in [-0.2, 0) is 4.79 Å². The molecule has 0 aliphatic carbocycles. The fraction of sp³-hybridized carbons (Fsp3) is 0.467. The largest absolute Gasteiger partial charge is 0.496 e. The molecule has 6 heteroatoms. The van der Waals surface area contributed by atoms with Crippen molar-refractivity contribution in [2.45, 2.75) is 12.8 Å². The van der Waals surface area contributed by atoms with Crippen LogP contribution in [0.3, 0.4) is 0 Å². The lowest BCUT2D eigenvalue weighted by molar-refractivity contribution is -0.123. The van der Waals surface area contributed by atoms with Crippen molar-refractivity contribution in [2.75, 3.05) is 26.7 Å². The Morgan fingerprint density at radius 1 is 1.48 bits per heavy atom. The van der Waals surface area contributed by atoms with Gasteiger partial charge in [0.05, 0.1) is 24.0 Å². The Morgan fingerprint density at radius 2 is 2.24 bits per heavy atom. The van der Waals surface area contributed by atoms with Crippen molar-refractivity contribution < 1.29 is 14.3 Å². The van der Waals surface area contributed by atoms with Crippen molar-refractivity contribution in [3.63, 3.8) is 0 Å². The fourth-order valence-electron chi connectivity index (χ4n) is 2.57. The molecule has 114 valence electrons. The van der Waals surface area contributed by atoms with Crippen LogP contribution in [0.2, 0.25) is 0 Å². The van der Waals surface area contributed by atoms with Gasteiger partial charge in [0.15, 0.2) is 5.78 Å². The van der Waals surface area contributed by atoms with Crippen LogP contribution >= 0.6 is 15.9 Å².